The van der Waals surface area contributed by atoms with Crippen LogP contribution >= 0.6 is 15.9 Å². The zero-order valence-electron chi connectivity index (χ0n) is 10.9. The quantitative estimate of drug-likeness (QED) is 0.519. The average Bonchev–Trinajstić information content (AvgIpc) is 2.47. The van der Waals surface area contributed by atoms with Gasteiger partial charge in [0, 0.05) is 0 Å². The van der Waals surface area contributed by atoms with Gasteiger partial charge in [0.2, 0.25) is 0 Å². The number of hydrogen-bond acceptors (Lipinski definition) is 5. The number of pyridine rings is 1. The number of carbonyl (C=O) groups is 1. The number of carbonyl (C=O) groups excluding carboxylic acids is 1. The molecule has 0 saturated heterocycles. The van der Waals surface area contributed by atoms with E-state index in [0.29, 0.717) is 10.4 Å². The minimum absolute atomic E-state index is 0.0765. The Morgan fingerprint density at radius 2 is 2.14 bits per heavy atom. The van der Waals surface area contributed by atoms with E-state index in [4.69, 9.17) is 4.74 Å². The van der Waals surface area contributed by atoms with Crippen molar-refractivity contribution in [3.63, 3.8) is 0 Å². The van der Waals surface area contributed by atoms with E-state index in [0.717, 1.165) is 0 Å². The van der Waals surface area contributed by atoms with Crippen molar-refractivity contribution in [1.82, 2.24) is 4.98 Å². The number of benzene rings is 1. The predicted molar refractivity (Wildman–Crippen MR) is 79.5 cm³/mol. The van der Waals surface area contributed by atoms with Gasteiger partial charge in [-0.1, -0.05) is 6.07 Å². The SMILES string of the molecule is COc1ccc(NC(=O)c2cccc(Br)n2)c([N+](=O)[O-])c1. The van der Waals surface area contributed by atoms with E-state index in [9.17, 15) is 14.9 Å². The lowest BCUT2D eigenvalue weighted by Gasteiger charge is -2.07. The van der Waals surface area contributed by atoms with Crippen LogP contribution in [0.2, 0.25) is 0 Å². The predicted octanol–water partition coefficient (Wildman–Crippen LogP) is 3.01. The van der Waals surface area contributed by atoms with Crippen LogP contribution in [-0.4, -0.2) is 22.9 Å². The number of nitrogens with one attached hydrogen (secondary N) is 1. The average molecular weight is 352 g/mol. The maximum absolute atomic E-state index is 12.0. The monoisotopic (exact) mass is 351 g/mol. The summed E-state index contributed by atoms with van der Waals surface area (Å²) in [6.45, 7) is 0. The zero-order valence-corrected chi connectivity index (χ0v) is 12.5. The molecule has 0 fully saturated rings. The molecular weight excluding hydrogens is 342 g/mol. The minimum atomic E-state index is -0.591. The first-order chi connectivity index (χ1) is 10.0. The van der Waals surface area contributed by atoms with Crippen molar-refractivity contribution >= 4 is 33.2 Å². The summed E-state index contributed by atoms with van der Waals surface area (Å²) in [4.78, 5) is 26.5. The van der Waals surface area contributed by atoms with E-state index in [1.807, 2.05) is 0 Å². The summed E-state index contributed by atoms with van der Waals surface area (Å²) in [5.41, 5.74) is -0.0280. The van der Waals surface area contributed by atoms with Gasteiger partial charge in [-0.25, -0.2) is 4.98 Å². The maximum atomic E-state index is 12.0. The van der Waals surface area contributed by atoms with Crippen LogP contribution in [0.3, 0.4) is 0 Å². The largest absolute Gasteiger partial charge is 0.496 e. The Morgan fingerprint density at radius 1 is 1.38 bits per heavy atom. The lowest BCUT2D eigenvalue weighted by atomic mass is 10.2. The normalized spacial score (nSPS) is 10.0. The number of methoxy groups -OCH3 is 1. The molecule has 21 heavy (non-hydrogen) atoms. The summed E-state index contributed by atoms with van der Waals surface area (Å²) in [7, 11) is 1.41. The topological polar surface area (TPSA) is 94.4 Å². The number of nitro groups is 1. The van der Waals surface area contributed by atoms with Gasteiger partial charge in [0.05, 0.1) is 18.1 Å². The molecule has 1 N–H and O–H groups in total. The summed E-state index contributed by atoms with van der Waals surface area (Å²) >= 11 is 3.16. The molecule has 0 saturated carbocycles. The molecule has 1 amide bonds. The van der Waals surface area contributed by atoms with Gasteiger partial charge in [0.25, 0.3) is 11.6 Å². The van der Waals surface area contributed by atoms with Crippen LogP contribution in [0.25, 0.3) is 0 Å². The van der Waals surface area contributed by atoms with Crippen molar-refractivity contribution < 1.29 is 14.5 Å². The van der Waals surface area contributed by atoms with E-state index >= 15 is 0 Å². The van der Waals surface area contributed by atoms with Gasteiger partial charge in [-0.05, 0) is 40.2 Å². The van der Waals surface area contributed by atoms with Crippen LogP contribution in [0.15, 0.2) is 41.0 Å². The molecule has 0 bridgehead atoms. The summed E-state index contributed by atoms with van der Waals surface area (Å²) < 4.78 is 5.43. The summed E-state index contributed by atoms with van der Waals surface area (Å²) in [5, 5.41) is 13.5. The van der Waals surface area contributed by atoms with Crippen molar-refractivity contribution in [2.45, 2.75) is 0 Å². The second-order valence-corrected chi connectivity index (χ2v) is 4.75. The van der Waals surface area contributed by atoms with Crippen LogP contribution in [0, 0.1) is 10.1 Å². The second kappa shape index (κ2) is 6.31. The Balaban J connectivity index is 2.31. The van der Waals surface area contributed by atoms with Crippen LogP contribution in [0.5, 0.6) is 5.75 Å². The summed E-state index contributed by atoms with van der Waals surface area (Å²) in [6.07, 6.45) is 0. The molecule has 0 aliphatic heterocycles. The standard InChI is InChI=1S/C13H10BrN3O4/c1-21-8-5-6-9(11(7-8)17(19)20)16-13(18)10-3-2-4-12(14)15-10/h2-7H,1H3,(H,16,18). The molecule has 0 aliphatic carbocycles. The Bertz CT molecular complexity index is 706. The number of aromatic nitrogens is 1. The Kier molecular flexibility index (Phi) is 4.49. The lowest BCUT2D eigenvalue weighted by Crippen LogP contribution is -2.14. The summed E-state index contributed by atoms with van der Waals surface area (Å²) in [5.74, 6) is -0.204. The molecule has 1 aromatic heterocycles. The van der Waals surface area contributed by atoms with Crippen molar-refractivity contribution in [2.24, 2.45) is 0 Å². The van der Waals surface area contributed by atoms with Crippen molar-refractivity contribution in [1.29, 1.82) is 0 Å². The van der Waals surface area contributed by atoms with E-state index in [1.165, 1.54) is 31.4 Å². The van der Waals surface area contributed by atoms with Crippen LogP contribution < -0.4 is 10.1 Å². The number of rotatable bonds is 4. The number of halogens is 1. The molecule has 0 atom stereocenters. The van der Waals surface area contributed by atoms with Crippen molar-refractivity contribution in [3.8, 4) is 5.75 Å². The van der Waals surface area contributed by atoms with E-state index in [2.05, 4.69) is 26.2 Å². The molecule has 1 heterocycles. The highest BCUT2D eigenvalue weighted by Crippen LogP contribution is 2.29. The molecule has 0 unspecified atom stereocenters. The second-order valence-electron chi connectivity index (χ2n) is 3.94. The van der Waals surface area contributed by atoms with Crippen molar-refractivity contribution in [3.05, 3.63) is 56.8 Å². The van der Waals surface area contributed by atoms with Crippen LogP contribution in [0.1, 0.15) is 10.5 Å². The highest BCUT2D eigenvalue weighted by Gasteiger charge is 2.18. The molecule has 0 spiro atoms. The molecule has 2 rings (SSSR count). The third-order valence-corrected chi connectivity index (χ3v) is 3.04. The lowest BCUT2D eigenvalue weighted by molar-refractivity contribution is -0.384. The van der Waals surface area contributed by atoms with E-state index < -0.39 is 10.8 Å². The first kappa shape index (κ1) is 14.9. The first-order valence-corrected chi connectivity index (χ1v) is 6.57. The molecule has 7 nitrogen and oxygen atoms in total. The number of amides is 1. The molecular formula is C13H10BrN3O4. The number of ether oxygens (including phenoxy) is 1. The first-order valence-electron chi connectivity index (χ1n) is 5.77. The molecule has 108 valence electrons. The number of nitrogens with zero attached hydrogens (tertiary/aromatic N) is 2. The van der Waals surface area contributed by atoms with Gasteiger partial charge in [-0.2, -0.15) is 0 Å². The smallest absolute Gasteiger partial charge is 0.296 e. The molecule has 0 aliphatic rings. The molecule has 8 heteroatoms. The van der Waals surface area contributed by atoms with E-state index in [1.54, 1.807) is 12.1 Å². The van der Waals surface area contributed by atoms with Gasteiger partial charge in [-0.15, -0.1) is 0 Å². The maximum Gasteiger partial charge on any atom is 0.296 e. The van der Waals surface area contributed by atoms with Crippen molar-refractivity contribution in [2.75, 3.05) is 12.4 Å². The van der Waals surface area contributed by atoms with Gasteiger partial charge >= 0.3 is 0 Å². The zero-order chi connectivity index (χ0) is 15.4. The van der Waals surface area contributed by atoms with Gasteiger partial charge < -0.3 is 10.1 Å². The Labute approximate surface area is 128 Å². The fourth-order valence-corrected chi connectivity index (χ4v) is 1.96. The minimum Gasteiger partial charge on any atom is -0.496 e. The highest BCUT2D eigenvalue weighted by molar-refractivity contribution is 9.10. The third-order valence-electron chi connectivity index (χ3n) is 2.60. The van der Waals surface area contributed by atoms with Gasteiger partial charge in [0.1, 0.15) is 21.7 Å². The van der Waals surface area contributed by atoms with Gasteiger partial charge in [0.15, 0.2) is 0 Å². The number of hydrogen-bond donors (Lipinski definition) is 1. The Morgan fingerprint density at radius 3 is 2.76 bits per heavy atom. The molecule has 1 aromatic carbocycles. The number of anilines is 1. The van der Waals surface area contributed by atoms with E-state index in [-0.39, 0.29) is 17.1 Å². The van der Waals surface area contributed by atoms with Gasteiger partial charge in [-0.3, -0.25) is 14.9 Å². The highest BCUT2D eigenvalue weighted by atomic mass is 79.9. The fraction of sp³-hybridized carbons (Fsp3) is 0.0769. The summed E-state index contributed by atoms with van der Waals surface area (Å²) in [6, 6.07) is 9.00. The number of nitro benzene ring substituents is 1. The molecule has 2 aromatic rings. The Hall–Kier alpha value is -2.48. The molecule has 0 radical (unpaired) electrons. The van der Waals surface area contributed by atoms with Crippen LogP contribution in [-0.2, 0) is 0 Å². The van der Waals surface area contributed by atoms with Crippen LogP contribution in [0.4, 0.5) is 11.4 Å². The third kappa shape index (κ3) is 3.54. The fourth-order valence-electron chi connectivity index (χ4n) is 1.62.